The van der Waals surface area contributed by atoms with Gasteiger partial charge in [0, 0.05) is 31.2 Å². The van der Waals surface area contributed by atoms with Gasteiger partial charge in [-0.3, -0.25) is 9.59 Å². The molecular formula is C25H24N4O2. The molecule has 31 heavy (non-hydrogen) atoms. The summed E-state index contributed by atoms with van der Waals surface area (Å²) in [7, 11) is 0. The first kappa shape index (κ1) is 19.3. The van der Waals surface area contributed by atoms with Gasteiger partial charge in [0.15, 0.2) is 0 Å². The van der Waals surface area contributed by atoms with Gasteiger partial charge in [0.25, 0.3) is 11.5 Å². The molecule has 156 valence electrons. The number of rotatable bonds is 4. The van der Waals surface area contributed by atoms with Crippen molar-refractivity contribution in [3.8, 4) is 16.9 Å². The van der Waals surface area contributed by atoms with Crippen molar-refractivity contribution >= 4 is 11.6 Å². The molecule has 2 aromatic rings. The molecular weight excluding hydrogens is 388 g/mol. The third-order valence-corrected chi connectivity index (χ3v) is 5.79. The van der Waals surface area contributed by atoms with E-state index in [4.69, 9.17) is 0 Å². The van der Waals surface area contributed by atoms with Crippen LogP contribution in [0.15, 0.2) is 71.8 Å². The van der Waals surface area contributed by atoms with E-state index in [1.54, 1.807) is 0 Å². The van der Waals surface area contributed by atoms with Crippen LogP contribution in [0.2, 0.25) is 0 Å². The number of fused-ring (bicyclic) bond motifs is 2. The maximum atomic E-state index is 13.8. The van der Waals surface area contributed by atoms with Gasteiger partial charge in [-0.1, -0.05) is 43.3 Å². The number of amides is 1. The Labute approximate surface area is 180 Å². The van der Waals surface area contributed by atoms with Gasteiger partial charge < -0.3 is 9.47 Å². The molecule has 0 atom stereocenters. The highest BCUT2D eigenvalue weighted by Crippen LogP contribution is 2.30. The highest BCUT2D eigenvalue weighted by Gasteiger charge is 2.29. The number of aromatic nitrogens is 3. The van der Waals surface area contributed by atoms with Gasteiger partial charge in [-0.2, -0.15) is 9.78 Å². The Balaban J connectivity index is 1.68. The quantitative estimate of drug-likeness (QED) is 0.506. The van der Waals surface area contributed by atoms with E-state index in [1.165, 1.54) is 10.2 Å². The third-order valence-electron chi connectivity index (χ3n) is 5.79. The summed E-state index contributed by atoms with van der Waals surface area (Å²) in [6.45, 7) is 3.46. The van der Waals surface area contributed by atoms with E-state index in [0.717, 1.165) is 31.5 Å². The summed E-state index contributed by atoms with van der Waals surface area (Å²) < 4.78 is 3.33. The zero-order chi connectivity index (χ0) is 21.4. The number of hydrogen-bond donors (Lipinski definition) is 0. The topological polar surface area (TPSA) is 60.1 Å². The van der Waals surface area contributed by atoms with Crippen LogP contribution in [0.4, 0.5) is 5.69 Å². The second kappa shape index (κ2) is 7.87. The zero-order valence-electron chi connectivity index (χ0n) is 17.5. The average Bonchev–Trinajstić information content (AvgIpc) is 3.15. The summed E-state index contributed by atoms with van der Waals surface area (Å²) in [4.78, 5) is 28.8. The monoisotopic (exact) mass is 412 g/mol. The second-order valence-electron chi connectivity index (χ2n) is 7.91. The molecule has 0 fully saturated rings. The smallest absolute Gasteiger partial charge is 0.282 e. The molecule has 6 heteroatoms. The minimum absolute atomic E-state index is 0.111. The van der Waals surface area contributed by atoms with E-state index in [-0.39, 0.29) is 11.5 Å². The van der Waals surface area contributed by atoms with Gasteiger partial charge in [0.2, 0.25) is 0 Å². The molecule has 0 saturated heterocycles. The number of nitrogens with zero attached hydrogens (tertiary/aromatic N) is 4. The van der Waals surface area contributed by atoms with Crippen LogP contribution in [-0.2, 0) is 13.0 Å². The van der Waals surface area contributed by atoms with E-state index in [0.29, 0.717) is 29.1 Å². The lowest BCUT2D eigenvalue weighted by Crippen LogP contribution is -2.36. The van der Waals surface area contributed by atoms with Gasteiger partial charge in [-0.05, 0) is 43.0 Å². The van der Waals surface area contributed by atoms with E-state index in [1.807, 2.05) is 70.4 Å². The number of hydrogen-bond acceptors (Lipinski definition) is 3. The fourth-order valence-electron chi connectivity index (χ4n) is 4.34. The van der Waals surface area contributed by atoms with Crippen LogP contribution in [-0.4, -0.2) is 26.8 Å². The highest BCUT2D eigenvalue weighted by atomic mass is 16.2. The van der Waals surface area contributed by atoms with Crippen molar-refractivity contribution < 1.29 is 4.79 Å². The maximum absolute atomic E-state index is 13.8. The first-order chi connectivity index (χ1) is 15.2. The standard InChI is InChI=1S/C25H24N4O2/c1-2-14-27-16-20(24(30)28-15-8-10-18-9-6-7-13-22(18)28)23-21(17-27)25(31)29(26-23)19-11-4-3-5-12-19/h3-7,9,11-13,16-17H,2,8,10,14-15H2,1H3. The van der Waals surface area contributed by atoms with Crippen molar-refractivity contribution in [3.05, 3.63) is 88.5 Å². The minimum atomic E-state index is -0.209. The molecule has 0 bridgehead atoms. The van der Waals surface area contributed by atoms with Crippen molar-refractivity contribution in [2.24, 2.45) is 0 Å². The van der Waals surface area contributed by atoms with Gasteiger partial charge in [-0.25, -0.2) is 0 Å². The SMILES string of the molecule is CCCn1cc(C(=O)N2CCCc3ccccc32)c2nn(-c3ccccc3)c(=O)c-2c1. The van der Waals surface area contributed by atoms with Gasteiger partial charge >= 0.3 is 0 Å². The summed E-state index contributed by atoms with van der Waals surface area (Å²) in [5.41, 5.74) is 3.99. The molecule has 0 saturated carbocycles. The predicted molar refractivity (Wildman–Crippen MR) is 121 cm³/mol. The average molecular weight is 412 g/mol. The van der Waals surface area contributed by atoms with E-state index >= 15 is 0 Å². The molecule has 0 N–H and O–H groups in total. The number of para-hydroxylation sites is 2. The Morgan fingerprint density at radius 2 is 1.81 bits per heavy atom. The van der Waals surface area contributed by atoms with Crippen molar-refractivity contribution in [1.29, 1.82) is 0 Å². The Morgan fingerprint density at radius 1 is 1.03 bits per heavy atom. The van der Waals surface area contributed by atoms with Crippen molar-refractivity contribution in [1.82, 2.24) is 14.3 Å². The summed E-state index contributed by atoms with van der Waals surface area (Å²) in [5.74, 6) is -0.111. The normalized spacial score (nSPS) is 13.4. The van der Waals surface area contributed by atoms with Gasteiger partial charge in [0.05, 0.1) is 16.8 Å². The Morgan fingerprint density at radius 3 is 2.61 bits per heavy atom. The van der Waals surface area contributed by atoms with Crippen LogP contribution in [0.5, 0.6) is 0 Å². The summed E-state index contributed by atoms with van der Waals surface area (Å²) in [6, 6.07) is 17.4. The van der Waals surface area contributed by atoms with E-state index in [9.17, 15) is 9.59 Å². The first-order valence-corrected chi connectivity index (χ1v) is 10.8. The van der Waals surface area contributed by atoms with Crippen LogP contribution in [0.1, 0.15) is 35.7 Å². The number of carbonyl (C=O) groups excluding carboxylic acids is 1. The lowest BCUT2D eigenvalue weighted by molar-refractivity contribution is 0.0984. The Bertz CT molecular complexity index is 1270. The van der Waals surface area contributed by atoms with Gasteiger partial charge in [0.1, 0.15) is 5.69 Å². The fraction of sp³-hybridized carbons (Fsp3) is 0.240. The highest BCUT2D eigenvalue weighted by molar-refractivity contribution is 6.10. The van der Waals surface area contributed by atoms with Gasteiger partial charge in [-0.15, -0.1) is 0 Å². The minimum Gasteiger partial charge on any atom is -0.353 e. The number of pyridine rings is 1. The predicted octanol–water partition coefficient (Wildman–Crippen LogP) is 4.14. The van der Waals surface area contributed by atoms with E-state index in [2.05, 4.69) is 18.1 Å². The summed E-state index contributed by atoms with van der Waals surface area (Å²) in [5, 5.41) is 4.60. The number of anilines is 1. The molecule has 3 aliphatic rings. The second-order valence-corrected chi connectivity index (χ2v) is 7.91. The number of aryl methyl sites for hydroxylation is 2. The van der Waals surface area contributed by atoms with E-state index < -0.39 is 0 Å². The molecule has 0 unspecified atom stereocenters. The lowest BCUT2D eigenvalue weighted by Gasteiger charge is -2.30. The Kier molecular flexibility index (Phi) is 4.90. The van der Waals surface area contributed by atoms with Crippen molar-refractivity contribution in [2.45, 2.75) is 32.7 Å². The van der Waals surface area contributed by atoms with Crippen LogP contribution in [0, 0.1) is 0 Å². The van der Waals surface area contributed by atoms with Crippen molar-refractivity contribution in [2.75, 3.05) is 11.4 Å². The van der Waals surface area contributed by atoms with Crippen molar-refractivity contribution in [3.63, 3.8) is 0 Å². The Hall–Kier alpha value is -3.67. The summed E-state index contributed by atoms with van der Waals surface area (Å²) in [6.07, 6.45) is 6.44. The first-order valence-electron chi connectivity index (χ1n) is 10.8. The fourth-order valence-corrected chi connectivity index (χ4v) is 4.34. The molecule has 2 aromatic carbocycles. The summed E-state index contributed by atoms with van der Waals surface area (Å²) >= 11 is 0. The van der Waals surface area contributed by atoms with Crippen LogP contribution >= 0.6 is 0 Å². The lowest BCUT2D eigenvalue weighted by atomic mass is 10.00. The molecule has 0 radical (unpaired) electrons. The van der Waals surface area contributed by atoms with Crippen LogP contribution in [0.25, 0.3) is 16.9 Å². The van der Waals surface area contributed by atoms with Crippen LogP contribution < -0.4 is 10.5 Å². The number of carbonyl (C=O) groups is 1. The molecule has 6 nitrogen and oxygen atoms in total. The molecule has 5 rings (SSSR count). The maximum Gasteiger partial charge on any atom is 0.282 e. The largest absolute Gasteiger partial charge is 0.353 e. The number of benzene rings is 2. The molecule has 0 aromatic heterocycles. The molecule has 3 heterocycles. The zero-order valence-corrected chi connectivity index (χ0v) is 17.5. The molecule has 3 aliphatic heterocycles. The molecule has 0 spiro atoms. The molecule has 1 amide bonds. The third kappa shape index (κ3) is 3.34. The van der Waals surface area contributed by atoms with Crippen LogP contribution in [0.3, 0.4) is 0 Å². The molecule has 0 aliphatic carbocycles.